The lowest BCUT2D eigenvalue weighted by Crippen LogP contribution is -2.15. The van der Waals surface area contributed by atoms with E-state index in [1.165, 1.54) is 0 Å². The summed E-state index contributed by atoms with van der Waals surface area (Å²) >= 11 is 0. The highest BCUT2D eigenvalue weighted by molar-refractivity contribution is 5.91. The molecule has 0 aliphatic carbocycles. The Balaban J connectivity index is 3.79. The van der Waals surface area contributed by atoms with E-state index in [1.807, 2.05) is 6.92 Å². The Labute approximate surface area is 79.0 Å². The van der Waals surface area contributed by atoms with Gasteiger partial charge in [-0.1, -0.05) is 26.3 Å². The van der Waals surface area contributed by atoms with E-state index in [1.54, 1.807) is 6.07 Å². The number of unbranched alkanes of at least 4 members (excludes halogenated alkanes) is 1. The quantitative estimate of drug-likeness (QED) is 0.371. The van der Waals surface area contributed by atoms with Crippen LogP contribution in [-0.4, -0.2) is 12.1 Å². The number of nitriles is 1. The van der Waals surface area contributed by atoms with Crippen LogP contribution in [0.5, 0.6) is 0 Å². The molecule has 1 unspecified atom stereocenters. The zero-order valence-corrected chi connectivity index (χ0v) is 8.17. The van der Waals surface area contributed by atoms with Crippen LogP contribution >= 0.6 is 0 Å². The van der Waals surface area contributed by atoms with Crippen molar-refractivity contribution in [2.45, 2.75) is 39.2 Å². The highest BCUT2D eigenvalue weighted by atomic mass is 16.5. The maximum atomic E-state index is 11.0. The van der Waals surface area contributed by atoms with Gasteiger partial charge in [-0.15, -0.1) is 0 Å². The van der Waals surface area contributed by atoms with Crippen molar-refractivity contribution in [3.8, 4) is 6.07 Å². The van der Waals surface area contributed by atoms with Crippen molar-refractivity contribution in [1.82, 2.24) is 0 Å². The van der Waals surface area contributed by atoms with E-state index in [-0.39, 0.29) is 11.7 Å². The second-order valence-corrected chi connectivity index (χ2v) is 2.95. The van der Waals surface area contributed by atoms with Gasteiger partial charge in [0.2, 0.25) is 0 Å². The van der Waals surface area contributed by atoms with Crippen molar-refractivity contribution >= 4 is 5.97 Å². The molecule has 0 aromatic heterocycles. The molecule has 0 aliphatic heterocycles. The molecular weight excluding hydrogens is 166 g/mol. The van der Waals surface area contributed by atoms with Crippen LogP contribution in [0.3, 0.4) is 0 Å². The van der Waals surface area contributed by atoms with Gasteiger partial charge in [-0.3, -0.25) is 0 Å². The zero-order chi connectivity index (χ0) is 10.3. The lowest BCUT2D eigenvalue weighted by atomic mass is 10.2. The number of carbonyl (C=O) groups excluding carboxylic acids is 1. The van der Waals surface area contributed by atoms with Crippen LogP contribution < -0.4 is 0 Å². The smallest absolute Gasteiger partial charge is 0.348 e. The number of nitrogens with zero attached hydrogens (tertiary/aromatic N) is 1. The minimum atomic E-state index is -0.605. The van der Waals surface area contributed by atoms with E-state index in [4.69, 9.17) is 10.00 Å². The van der Waals surface area contributed by atoms with Crippen molar-refractivity contribution < 1.29 is 9.53 Å². The molecule has 0 spiro atoms. The second-order valence-electron chi connectivity index (χ2n) is 2.95. The molecule has 0 bridgehead atoms. The first-order valence-electron chi connectivity index (χ1n) is 4.41. The van der Waals surface area contributed by atoms with E-state index >= 15 is 0 Å². The third kappa shape index (κ3) is 5.02. The number of carbonyl (C=O) groups is 1. The van der Waals surface area contributed by atoms with Crippen LogP contribution in [0, 0.1) is 11.3 Å². The Kier molecular flexibility index (Phi) is 5.62. The Morgan fingerprint density at radius 3 is 2.77 bits per heavy atom. The molecule has 0 radical (unpaired) electrons. The van der Waals surface area contributed by atoms with Crippen LogP contribution in [0.2, 0.25) is 0 Å². The molecule has 0 saturated heterocycles. The number of rotatable bonds is 5. The largest absolute Gasteiger partial charge is 0.459 e. The molecule has 0 aliphatic rings. The molecule has 72 valence electrons. The molecule has 3 heteroatoms. The summed E-state index contributed by atoms with van der Waals surface area (Å²) in [6, 6.07) is 1.66. The average molecular weight is 181 g/mol. The standard InChI is InChI=1S/C10H15NO2/c1-4-5-6-9(3)13-10(12)8(2)7-11/h9H,2,4-6H2,1,3H3. The van der Waals surface area contributed by atoms with Gasteiger partial charge in [0.05, 0.1) is 6.10 Å². The summed E-state index contributed by atoms with van der Waals surface area (Å²) in [5, 5.41) is 8.34. The minimum Gasteiger partial charge on any atom is -0.459 e. The molecule has 0 amide bonds. The average Bonchev–Trinajstić information content (AvgIpc) is 2.13. The van der Waals surface area contributed by atoms with Crippen LogP contribution in [0.15, 0.2) is 12.2 Å². The first kappa shape index (κ1) is 11.7. The molecule has 0 saturated carbocycles. The van der Waals surface area contributed by atoms with Crippen LogP contribution in [0.1, 0.15) is 33.1 Å². The van der Waals surface area contributed by atoms with Gasteiger partial charge in [-0.05, 0) is 13.3 Å². The summed E-state index contributed by atoms with van der Waals surface area (Å²) in [5.74, 6) is -0.605. The predicted molar refractivity (Wildman–Crippen MR) is 49.8 cm³/mol. The lowest BCUT2D eigenvalue weighted by Gasteiger charge is -2.11. The lowest BCUT2D eigenvalue weighted by molar-refractivity contribution is -0.143. The highest BCUT2D eigenvalue weighted by Crippen LogP contribution is 2.06. The fourth-order valence-electron chi connectivity index (χ4n) is 0.850. The normalized spacial score (nSPS) is 11.5. The van der Waals surface area contributed by atoms with Crippen molar-refractivity contribution in [3.05, 3.63) is 12.2 Å². The molecule has 1 atom stereocenters. The van der Waals surface area contributed by atoms with Gasteiger partial charge in [0.25, 0.3) is 0 Å². The second kappa shape index (κ2) is 6.24. The summed E-state index contributed by atoms with van der Waals surface area (Å²) < 4.78 is 4.94. The van der Waals surface area contributed by atoms with E-state index in [9.17, 15) is 4.79 Å². The summed E-state index contributed by atoms with van der Waals surface area (Å²) in [4.78, 5) is 11.0. The molecule has 0 N–H and O–H groups in total. The fourth-order valence-corrected chi connectivity index (χ4v) is 0.850. The van der Waals surface area contributed by atoms with Crippen molar-refractivity contribution in [2.75, 3.05) is 0 Å². The van der Waals surface area contributed by atoms with E-state index in [0.29, 0.717) is 0 Å². The zero-order valence-electron chi connectivity index (χ0n) is 8.17. The molecule has 0 rings (SSSR count). The maximum absolute atomic E-state index is 11.0. The van der Waals surface area contributed by atoms with Gasteiger partial charge in [0.1, 0.15) is 11.6 Å². The summed E-state index contributed by atoms with van der Waals surface area (Å²) in [6.45, 7) is 7.16. The Morgan fingerprint density at radius 2 is 2.31 bits per heavy atom. The first-order valence-corrected chi connectivity index (χ1v) is 4.41. The van der Waals surface area contributed by atoms with Gasteiger partial charge in [-0.25, -0.2) is 4.79 Å². The highest BCUT2D eigenvalue weighted by Gasteiger charge is 2.11. The molecule has 0 fully saturated rings. The fraction of sp³-hybridized carbons (Fsp3) is 0.600. The van der Waals surface area contributed by atoms with Crippen molar-refractivity contribution in [3.63, 3.8) is 0 Å². The molecule has 0 heterocycles. The molecule has 13 heavy (non-hydrogen) atoms. The van der Waals surface area contributed by atoms with E-state index in [2.05, 4.69) is 13.5 Å². The predicted octanol–water partition coefficient (Wildman–Crippen LogP) is 2.19. The van der Waals surface area contributed by atoms with Crippen LogP contribution in [-0.2, 0) is 9.53 Å². The van der Waals surface area contributed by atoms with E-state index in [0.717, 1.165) is 19.3 Å². The molecule has 3 nitrogen and oxygen atoms in total. The molecule has 0 aromatic rings. The Bertz CT molecular complexity index is 228. The Morgan fingerprint density at radius 1 is 1.69 bits per heavy atom. The minimum absolute atomic E-state index is 0.127. The van der Waals surface area contributed by atoms with Crippen molar-refractivity contribution in [2.24, 2.45) is 0 Å². The summed E-state index contributed by atoms with van der Waals surface area (Å²) in [7, 11) is 0. The maximum Gasteiger partial charge on any atom is 0.348 e. The van der Waals surface area contributed by atoms with Gasteiger partial charge < -0.3 is 4.74 Å². The number of hydrogen-bond donors (Lipinski definition) is 0. The molecular formula is C10H15NO2. The van der Waals surface area contributed by atoms with Gasteiger partial charge >= 0.3 is 5.97 Å². The van der Waals surface area contributed by atoms with Crippen LogP contribution in [0.4, 0.5) is 0 Å². The third-order valence-corrected chi connectivity index (χ3v) is 1.65. The number of esters is 1. The Hall–Kier alpha value is -1.30. The van der Waals surface area contributed by atoms with Gasteiger partial charge in [0.15, 0.2) is 0 Å². The molecule has 0 aromatic carbocycles. The summed E-state index contributed by atoms with van der Waals surface area (Å²) in [5.41, 5.74) is -0.136. The SMILES string of the molecule is C=C(C#N)C(=O)OC(C)CCCC. The van der Waals surface area contributed by atoms with Crippen LogP contribution in [0.25, 0.3) is 0 Å². The van der Waals surface area contributed by atoms with Crippen molar-refractivity contribution in [1.29, 1.82) is 5.26 Å². The monoisotopic (exact) mass is 181 g/mol. The van der Waals surface area contributed by atoms with E-state index < -0.39 is 5.97 Å². The third-order valence-electron chi connectivity index (χ3n) is 1.65. The topological polar surface area (TPSA) is 50.1 Å². The number of hydrogen-bond acceptors (Lipinski definition) is 3. The van der Waals surface area contributed by atoms with Gasteiger partial charge in [0, 0.05) is 0 Å². The first-order chi connectivity index (χ1) is 6.11. The number of ether oxygens (including phenoxy) is 1. The summed E-state index contributed by atoms with van der Waals surface area (Å²) in [6.07, 6.45) is 2.80. The van der Waals surface area contributed by atoms with Gasteiger partial charge in [-0.2, -0.15) is 5.26 Å².